The zero-order valence-corrected chi connectivity index (χ0v) is 14.6. The SMILES string of the molecule is CCCC(C)CP(=O)(O)CCCc1ccc2ccccc2c1. The second-order valence-corrected chi connectivity index (χ2v) is 8.94. The molecule has 0 aliphatic heterocycles. The van der Waals surface area contributed by atoms with Gasteiger partial charge < -0.3 is 4.89 Å². The Kier molecular flexibility index (Phi) is 6.23. The van der Waals surface area contributed by atoms with Crippen LogP contribution in [0.1, 0.15) is 38.7 Å². The number of rotatable bonds is 8. The number of fused-ring (bicyclic) bond motifs is 1. The summed E-state index contributed by atoms with van der Waals surface area (Å²) in [5.41, 5.74) is 1.25. The zero-order valence-electron chi connectivity index (χ0n) is 13.7. The predicted octanol–water partition coefficient (Wildman–Crippen LogP) is 5.48. The lowest BCUT2D eigenvalue weighted by Crippen LogP contribution is -2.05. The van der Waals surface area contributed by atoms with Crippen molar-refractivity contribution in [3.8, 4) is 0 Å². The van der Waals surface area contributed by atoms with Crippen LogP contribution in [0, 0.1) is 5.92 Å². The first-order chi connectivity index (χ1) is 10.5. The van der Waals surface area contributed by atoms with Crippen molar-refractivity contribution in [3.63, 3.8) is 0 Å². The van der Waals surface area contributed by atoms with E-state index in [1.807, 2.05) is 12.1 Å². The fraction of sp³-hybridized carbons (Fsp3) is 0.474. The van der Waals surface area contributed by atoms with Crippen LogP contribution in [0.25, 0.3) is 10.8 Å². The van der Waals surface area contributed by atoms with E-state index in [0.29, 0.717) is 18.2 Å². The third-order valence-electron chi connectivity index (χ3n) is 4.17. The molecule has 2 aromatic rings. The van der Waals surface area contributed by atoms with Gasteiger partial charge in [-0.15, -0.1) is 0 Å². The molecule has 120 valence electrons. The molecule has 0 saturated heterocycles. The Bertz CT molecular complexity index is 651. The first-order valence-electron chi connectivity index (χ1n) is 8.28. The van der Waals surface area contributed by atoms with E-state index in [1.54, 1.807) is 0 Å². The molecule has 0 amide bonds. The van der Waals surface area contributed by atoms with Crippen LogP contribution in [0.4, 0.5) is 0 Å². The molecule has 3 heteroatoms. The summed E-state index contributed by atoms with van der Waals surface area (Å²) in [6, 6.07) is 14.8. The van der Waals surface area contributed by atoms with E-state index in [4.69, 9.17) is 0 Å². The summed E-state index contributed by atoms with van der Waals surface area (Å²) >= 11 is 0. The van der Waals surface area contributed by atoms with Crippen molar-refractivity contribution in [3.05, 3.63) is 48.0 Å². The van der Waals surface area contributed by atoms with E-state index in [0.717, 1.165) is 25.7 Å². The molecule has 2 nitrogen and oxygen atoms in total. The van der Waals surface area contributed by atoms with Gasteiger partial charge in [-0.2, -0.15) is 0 Å². The van der Waals surface area contributed by atoms with Gasteiger partial charge in [0.05, 0.1) is 0 Å². The highest BCUT2D eigenvalue weighted by atomic mass is 31.2. The molecule has 2 atom stereocenters. The minimum absolute atomic E-state index is 0.349. The largest absolute Gasteiger partial charge is 0.344 e. The first kappa shape index (κ1) is 17.2. The molecule has 0 radical (unpaired) electrons. The Hall–Kier alpha value is -1.11. The lowest BCUT2D eigenvalue weighted by Gasteiger charge is -2.16. The maximum Gasteiger partial charge on any atom is 0.200 e. The van der Waals surface area contributed by atoms with Crippen molar-refractivity contribution in [1.82, 2.24) is 0 Å². The molecule has 2 aromatic carbocycles. The van der Waals surface area contributed by atoms with E-state index >= 15 is 0 Å². The predicted molar refractivity (Wildman–Crippen MR) is 95.9 cm³/mol. The molecular formula is C19H27O2P. The van der Waals surface area contributed by atoms with Gasteiger partial charge in [-0.3, -0.25) is 4.57 Å². The molecule has 2 unspecified atom stereocenters. The van der Waals surface area contributed by atoms with E-state index < -0.39 is 7.37 Å². The molecule has 0 heterocycles. The molecule has 2 rings (SSSR count). The van der Waals surface area contributed by atoms with Crippen molar-refractivity contribution in [2.75, 3.05) is 12.3 Å². The number of aryl methyl sites for hydroxylation is 1. The third kappa shape index (κ3) is 5.26. The van der Waals surface area contributed by atoms with Crippen molar-refractivity contribution in [2.24, 2.45) is 5.92 Å². The molecule has 0 saturated carbocycles. The Labute approximate surface area is 134 Å². The topological polar surface area (TPSA) is 37.3 Å². The fourth-order valence-corrected chi connectivity index (χ4v) is 5.08. The molecule has 0 bridgehead atoms. The number of hydrogen-bond acceptors (Lipinski definition) is 1. The molecule has 0 aliphatic rings. The van der Waals surface area contributed by atoms with Gasteiger partial charge >= 0.3 is 0 Å². The summed E-state index contributed by atoms with van der Waals surface area (Å²) in [6.45, 7) is 4.20. The van der Waals surface area contributed by atoms with Gasteiger partial charge in [-0.05, 0) is 35.1 Å². The maximum absolute atomic E-state index is 12.3. The van der Waals surface area contributed by atoms with Crippen molar-refractivity contribution < 1.29 is 9.46 Å². The number of hydrogen-bond donors (Lipinski definition) is 1. The minimum Gasteiger partial charge on any atom is -0.344 e. The monoisotopic (exact) mass is 318 g/mol. The molecule has 22 heavy (non-hydrogen) atoms. The van der Waals surface area contributed by atoms with E-state index in [1.165, 1.54) is 16.3 Å². The highest BCUT2D eigenvalue weighted by Gasteiger charge is 2.20. The third-order valence-corrected chi connectivity index (χ3v) is 6.37. The van der Waals surface area contributed by atoms with Gasteiger partial charge in [0.2, 0.25) is 7.37 Å². The Balaban J connectivity index is 1.87. The second kappa shape index (κ2) is 7.94. The summed E-state index contributed by atoms with van der Waals surface area (Å²) in [5.74, 6) is 0.349. The smallest absolute Gasteiger partial charge is 0.200 e. The zero-order chi connectivity index (χ0) is 16.0. The van der Waals surface area contributed by atoms with E-state index in [-0.39, 0.29) is 0 Å². The fourth-order valence-electron chi connectivity index (χ4n) is 3.09. The van der Waals surface area contributed by atoms with Crippen LogP contribution in [0.15, 0.2) is 42.5 Å². The van der Waals surface area contributed by atoms with Crippen LogP contribution in [0.2, 0.25) is 0 Å². The summed E-state index contributed by atoms with van der Waals surface area (Å²) in [6.07, 6.45) is 4.68. The number of benzene rings is 2. The van der Waals surface area contributed by atoms with Gasteiger partial charge in [-0.25, -0.2) is 0 Å². The van der Waals surface area contributed by atoms with Crippen molar-refractivity contribution >= 4 is 18.1 Å². The summed E-state index contributed by atoms with van der Waals surface area (Å²) in [5, 5.41) is 2.48. The second-order valence-electron chi connectivity index (χ2n) is 6.43. The molecular weight excluding hydrogens is 291 g/mol. The molecule has 1 N–H and O–H groups in total. The van der Waals surface area contributed by atoms with Crippen LogP contribution in [0.3, 0.4) is 0 Å². The minimum atomic E-state index is -2.96. The summed E-state index contributed by atoms with van der Waals surface area (Å²) in [7, 11) is -2.96. The average Bonchev–Trinajstić information content (AvgIpc) is 2.46. The van der Waals surface area contributed by atoms with Gasteiger partial charge in [-0.1, -0.05) is 69.2 Å². The highest BCUT2D eigenvalue weighted by Crippen LogP contribution is 2.44. The van der Waals surface area contributed by atoms with E-state index in [2.05, 4.69) is 44.2 Å². The van der Waals surface area contributed by atoms with Crippen molar-refractivity contribution in [1.29, 1.82) is 0 Å². The normalized spacial score (nSPS) is 15.6. The molecule has 0 spiro atoms. The van der Waals surface area contributed by atoms with Gasteiger partial charge in [0.15, 0.2) is 0 Å². The Morgan fingerprint density at radius 3 is 2.59 bits per heavy atom. The van der Waals surface area contributed by atoms with Crippen LogP contribution in [0.5, 0.6) is 0 Å². The molecule has 0 aromatic heterocycles. The average molecular weight is 318 g/mol. The standard InChI is InChI=1S/C19H27O2P/c1-3-7-16(2)15-22(20,21)13-6-8-17-11-12-18-9-4-5-10-19(18)14-17/h4-5,9-12,14,16H,3,6-8,13,15H2,1-2H3,(H,20,21). The van der Waals surface area contributed by atoms with Gasteiger partial charge in [0, 0.05) is 12.3 Å². The van der Waals surface area contributed by atoms with Crippen LogP contribution < -0.4 is 0 Å². The van der Waals surface area contributed by atoms with Crippen LogP contribution >= 0.6 is 7.37 Å². The lowest BCUT2D eigenvalue weighted by molar-refractivity contribution is 0.456. The van der Waals surface area contributed by atoms with Gasteiger partial charge in [0.1, 0.15) is 0 Å². The Morgan fingerprint density at radius 2 is 1.86 bits per heavy atom. The summed E-state index contributed by atoms with van der Waals surface area (Å²) < 4.78 is 12.3. The van der Waals surface area contributed by atoms with Gasteiger partial charge in [0.25, 0.3) is 0 Å². The van der Waals surface area contributed by atoms with E-state index in [9.17, 15) is 9.46 Å². The van der Waals surface area contributed by atoms with Crippen LogP contribution in [-0.4, -0.2) is 17.2 Å². The quantitative estimate of drug-likeness (QED) is 0.654. The summed E-state index contributed by atoms with van der Waals surface area (Å²) in [4.78, 5) is 10.1. The van der Waals surface area contributed by atoms with Crippen molar-refractivity contribution in [2.45, 2.75) is 39.5 Å². The highest BCUT2D eigenvalue weighted by molar-refractivity contribution is 7.57. The molecule has 0 fully saturated rings. The Morgan fingerprint density at radius 1 is 1.14 bits per heavy atom. The maximum atomic E-state index is 12.3. The molecule has 0 aliphatic carbocycles. The first-order valence-corrected chi connectivity index (χ1v) is 10.3. The lowest BCUT2D eigenvalue weighted by atomic mass is 10.0. The van der Waals surface area contributed by atoms with Crippen LogP contribution in [-0.2, 0) is 11.0 Å².